The van der Waals surface area contributed by atoms with E-state index in [1.807, 2.05) is 0 Å². The predicted octanol–water partition coefficient (Wildman–Crippen LogP) is 3.06. The molecule has 0 bridgehead atoms. The molecule has 0 unspecified atom stereocenters. The van der Waals surface area contributed by atoms with E-state index >= 15 is 0 Å². The first-order valence-electron chi connectivity index (χ1n) is 8.19. The molecule has 1 N–H and O–H groups in total. The first-order valence-corrected chi connectivity index (χ1v) is 8.19. The van der Waals surface area contributed by atoms with Crippen molar-refractivity contribution in [3.63, 3.8) is 0 Å². The fourth-order valence-corrected chi connectivity index (χ4v) is 4.28. The number of non-ortho nitro benzene ring substituents is 1. The molecule has 0 radical (unpaired) electrons. The van der Waals surface area contributed by atoms with Crippen LogP contribution in [0.2, 0.25) is 0 Å². The highest BCUT2D eigenvalue weighted by atomic mass is 16.6. The van der Waals surface area contributed by atoms with Gasteiger partial charge in [0.15, 0.2) is 0 Å². The molecular weight excluding hydrogens is 296 g/mol. The maximum absolute atomic E-state index is 11.7. The number of nitro groups is 1. The summed E-state index contributed by atoms with van der Waals surface area (Å²) in [5.74, 6) is -0.973. The van der Waals surface area contributed by atoms with E-state index in [0.29, 0.717) is 13.1 Å². The van der Waals surface area contributed by atoms with Crippen LogP contribution >= 0.6 is 0 Å². The van der Waals surface area contributed by atoms with Gasteiger partial charge < -0.3 is 5.11 Å². The Bertz CT molecular complexity index is 593. The Kier molecular flexibility index (Phi) is 4.35. The van der Waals surface area contributed by atoms with Crippen molar-refractivity contribution in [1.29, 1.82) is 0 Å². The van der Waals surface area contributed by atoms with Gasteiger partial charge in [-0.3, -0.25) is 19.8 Å². The van der Waals surface area contributed by atoms with Crippen molar-refractivity contribution in [2.45, 2.75) is 38.6 Å². The van der Waals surface area contributed by atoms with Gasteiger partial charge in [0.1, 0.15) is 0 Å². The van der Waals surface area contributed by atoms with E-state index in [1.54, 1.807) is 12.1 Å². The second-order valence-corrected chi connectivity index (χ2v) is 6.91. The highest BCUT2D eigenvalue weighted by Crippen LogP contribution is 2.47. The van der Waals surface area contributed by atoms with Gasteiger partial charge in [-0.1, -0.05) is 31.4 Å². The number of hydrogen-bond donors (Lipinski definition) is 1. The third kappa shape index (κ3) is 3.22. The molecule has 1 aliphatic carbocycles. The van der Waals surface area contributed by atoms with Crippen molar-refractivity contribution in [3.05, 3.63) is 39.9 Å². The zero-order valence-electron chi connectivity index (χ0n) is 13.1. The molecule has 1 aromatic rings. The molecule has 1 aromatic carbocycles. The standard InChI is InChI=1S/C17H22N2O4/c20-16(21)15-11-18(12-17(15)8-2-1-3-9-17)10-13-4-6-14(7-5-13)19(22)23/h4-7,15H,1-3,8-12H2,(H,20,21)/t15-/m0/s1. The summed E-state index contributed by atoms with van der Waals surface area (Å²) in [6.07, 6.45) is 5.45. The van der Waals surface area contributed by atoms with Gasteiger partial charge in [0.2, 0.25) is 0 Å². The molecule has 0 amide bonds. The zero-order chi connectivity index (χ0) is 16.4. The number of hydrogen-bond acceptors (Lipinski definition) is 4. The van der Waals surface area contributed by atoms with Crippen LogP contribution in [0.4, 0.5) is 5.69 Å². The molecule has 3 rings (SSSR count). The summed E-state index contributed by atoms with van der Waals surface area (Å²) < 4.78 is 0. The molecule has 1 saturated carbocycles. The first-order chi connectivity index (χ1) is 11.0. The Balaban J connectivity index is 1.71. The van der Waals surface area contributed by atoms with Crippen LogP contribution in [-0.2, 0) is 11.3 Å². The molecule has 6 nitrogen and oxygen atoms in total. The maximum Gasteiger partial charge on any atom is 0.308 e. The number of carboxylic acids is 1. The van der Waals surface area contributed by atoms with Crippen molar-refractivity contribution < 1.29 is 14.8 Å². The van der Waals surface area contributed by atoms with Crippen LogP contribution in [0.25, 0.3) is 0 Å². The van der Waals surface area contributed by atoms with Gasteiger partial charge >= 0.3 is 5.97 Å². The second-order valence-electron chi connectivity index (χ2n) is 6.91. The number of carboxylic acid groups (broad SMARTS) is 1. The van der Waals surface area contributed by atoms with Gasteiger partial charge in [-0.25, -0.2) is 0 Å². The summed E-state index contributed by atoms with van der Waals surface area (Å²) in [7, 11) is 0. The molecule has 23 heavy (non-hydrogen) atoms. The number of likely N-dealkylation sites (tertiary alicyclic amines) is 1. The molecular formula is C17H22N2O4. The SMILES string of the molecule is O=C(O)[C@@H]1CN(Cc2ccc([N+](=O)[O-])cc2)CC12CCCCC2. The van der Waals surface area contributed by atoms with Gasteiger partial charge in [-0.2, -0.15) is 0 Å². The third-order valence-corrected chi connectivity index (χ3v) is 5.42. The van der Waals surface area contributed by atoms with E-state index in [4.69, 9.17) is 0 Å². The van der Waals surface area contributed by atoms with E-state index < -0.39 is 10.9 Å². The summed E-state index contributed by atoms with van der Waals surface area (Å²) in [5.41, 5.74) is 1.00. The first kappa shape index (κ1) is 15.9. The lowest BCUT2D eigenvalue weighted by atomic mass is 9.68. The number of aliphatic carboxylic acids is 1. The highest BCUT2D eigenvalue weighted by molar-refractivity contribution is 5.72. The smallest absolute Gasteiger partial charge is 0.308 e. The third-order valence-electron chi connectivity index (χ3n) is 5.42. The Morgan fingerprint density at radius 2 is 1.91 bits per heavy atom. The topological polar surface area (TPSA) is 83.7 Å². The number of nitro benzene ring substituents is 1. The monoisotopic (exact) mass is 318 g/mol. The minimum Gasteiger partial charge on any atom is -0.481 e. The highest BCUT2D eigenvalue weighted by Gasteiger charge is 2.50. The molecule has 1 aliphatic heterocycles. The second kappa shape index (κ2) is 6.28. The van der Waals surface area contributed by atoms with E-state index in [1.165, 1.54) is 18.6 Å². The van der Waals surface area contributed by atoms with Crippen LogP contribution in [-0.4, -0.2) is 34.0 Å². The summed E-state index contributed by atoms with van der Waals surface area (Å²) in [4.78, 5) is 24.2. The van der Waals surface area contributed by atoms with Crippen molar-refractivity contribution in [1.82, 2.24) is 4.90 Å². The van der Waals surface area contributed by atoms with Crippen LogP contribution in [0.1, 0.15) is 37.7 Å². The summed E-state index contributed by atoms with van der Waals surface area (Å²) >= 11 is 0. The van der Waals surface area contributed by atoms with E-state index in [9.17, 15) is 20.0 Å². The summed E-state index contributed by atoms with van der Waals surface area (Å²) in [5, 5.41) is 20.3. The van der Waals surface area contributed by atoms with Crippen molar-refractivity contribution >= 4 is 11.7 Å². The Morgan fingerprint density at radius 1 is 1.26 bits per heavy atom. The predicted molar refractivity (Wildman–Crippen MR) is 85.0 cm³/mol. The average molecular weight is 318 g/mol. The molecule has 1 saturated heterocycles. The van der Waals surface area contributed by atoms with E-state index in [2.05, 4.69) is 4.90 Å². The molecule has 2 fully saturated rings. The van der Waals surface area contributed by atoms with Crippen LogP contribution in [0.3, 0.4) is 0 Å². The minimum atomic E-state index is -0.682. The van der Waals surface area contributed by atoms with E-state index in [-0.39, 0.29) is 17.0 Å². The molecule has 6 heteroatoms. The van der Waals surface area contributed by atoms with Gasteiger partial charge in [-0.05, 0) is 23.8 Å². The molecule has 1 atom stereocenters. The molecule has 2 aliphatic rings. The average Bonchev–Trinajstić information content (AvgIpc) is 2.86. The summed E-state index contributed by atoms with van der Waals surface area (Å²) in [6.45, 7) is 2.05. The largest absolute Gasteiger partial charge is 0.481 e. The summed E-state index contributed by atoms with van der Waals surface area (Å²) in [6, 6.07) is 6.55. The fraction of sp³-hybridized carbons (Fsp3) is 0.588. The number of benzene rings is 1. The Morgan fingerprint density at radius 3 is 2.48 bits per heavy atom. The van der Waals surface area contributed by atoms with Gasteiger partial charge in [0.25, 0.3) is 5.69 Å². The molecule has 1 spiro atoms. The maximum atomic E-state index is 11.7. The van der Waals surface area contributed by atoms with Crippen LogP contribution in [0.5, 0.6) is 0 Å². The van der Waals surface area contributed by atoms with Crippen LogP contribution < -0.4 is 0 Å². The van der Waals surface area contributed by atoms with Crippen molar-refractivity contribution in [2.75, 3.05) is 13.1 Å². The van der Waals surface area contributed by atoms with Gasteiger partial charge in [-0.15, -0.1) is 0 Å². The number of carbonyl (C=O) groups is 1. The molecule has 124 valence electrons. The van der Waals surface area contributed by atoms with E-state index in [0.717, 1.165) is 37.8 Å². The quantitative estimate of drug-likeness (QED) is 0.681. The van der Waals surface area contributed by atoms with Crippen LogP contribution in [0.15, 0.2) is 24.3 Å². The Labute approximate surface area is 135 Å². The number of nitrogens with zero attached hydrogens (tertiary/aromatic N) is 2. The minimum absolute atomic E-state index is 0.0785. The number of rotatable bonds is 4. The Hall–Kier alpha value is -1.95. The fourth-order valence-electron chi connectivity index (χ4n) is 4.28. The lowest BCUT2D eigenvalue weighted by Crippen LogP contribution is -2.36. The van der Waals surface area contributed by atoms with Crippen molar-refractivity contribution in [2.24, 2.45) is 11.3 Å². The zero-order valence-corrected chi connectivity index (χ0v) is 13.1. The normalized spacial score (nSPS) is 23.9. The van der Waals surface area contributed by atoms with Crippen molar-refractivity contribution in [3.8, 4) is 0 Å². The molecule has 1 heterocycles. The van der Waals surface area contributed by atoms with Crippen LogP contribution in [0, 0.1) is 21.4 Å². The van der Waals surface area contributed by atoms with Gasteiger partial charge in [0, 0.05) is 31.8 Å². The lowest BCUT2D eigenvalue weighted by Gasteiger charge is -2.36. The van der Waals surface area contributed by atoms with Gasteiger partial charge in [0.05, 0.1) is 10.8 Å². The lowest BCUT2D eigenvalue weighted by molar-refractivity contribution is -0.384. The molecule has 0 aromatic heterocycles.